The number of ether oxygens (including phenoxy) is 1. The Bertz CT molecular complexity index is 1020. The lowest BCUT2D eigenvalue weighted by molar-refractivity contribution is 0.136. The van der Waals surface area contributed by atoms with E-state index < -0.39 is 22.4 Å². The first-order chi connectivity index (χ1) is 13.1. The number of hydrogen-bond donors (Lipinski definition) is 4. The predicted molar refractivity (Wildman–Crippen MR) is 99.5 cm³/mol. The monoisotopic (exact) mass is 408 g/mol. The fourth-order valence-electron chi connectivity index (χ4n) is 1.97. The molecule has 28 heavy (non-hydrogen) atoms. The minimum atomic E-state index is -4.00. The summed E-state index contributed by atoms with van der Waals surface area (Å²) in [5.41, 5.74) is 0. The van der Waals surface area contributed by atoms with Gasteiger partial charge in [-0.2, -0.15) is 8.42 Å². The quantitative estimate of drug-likeness (QED) is 0.279. The molecule has 3 aromatic carbocycles. The first kappa shape index (κ1) is 22.4. The summed E-state index contributed by atoms with van der Waals surface area (Å²) in [4.78, 5) is 18.9. The van der Waals surface area contributed by atoms with Crippen molar-refractivity contribution in [3.8, 4) is 5.75 Å². The molecule has 148 valence electrons. The lowest BCUT2D eigenvalue weighted by atomic mass is 10.1. The van der Waals surface area contributed by atoms with Crippen LogP contribution < -0.4 is 4.74 Å². The van der Waals surface area contributed by atoms with Gasteiger partial charge in [0.05, 0.1) is 4.90 Å². The first-order valence-electron chi connectivity index (χ1n) is 7.44. The number of fused-ring (bicyclic) bond motifs is 1. The molecule has 0 aliphatic rings. The van der Waals surface area contributed by atoms with E-state index in [0.717, 1.165) is 10.8 Å². The number of rotatable bonds is 2. The Hall–Kier alpha value is -3.63. The fourth-order valence-corrected chi connectivity index (χ4v) is 2.47. The van der Waals surface area contributed by atoms with E-state index in [4.69, 9.17) is 24.7 Å². The average molecular weight is 408 g/mol. The normalized spacial score (nSPS) is 9.89. The second kappa shape index (κ2) is 10.5. The molecule has 3 aromatic rings. The lowest BCUT2D eigenvalue weighted by Crippen LogP contribution is -2.03. The van der Waals surface area contributed by atoms with Crippen molar-refractivity contribution in [1.29, 1.82) is 0 Å². The fraction of sp³-hybridized carbons (Fsp3) is 0. The van der Waals surface area contributed by atoms with Gasteiger partial charge in [0.15, 0.2) is 0 Å². The molecule has 0 saturated heterocycles. The maximum Gasteiger partial charge on any atom is 0.511 e. The predicted octanol–water partition coefficient (Wildman–Crippen LogP) is 4.05. The summed E-state index contributed by atoms with van der Waals surface area (Å²) < 4.78 is 33.9. The molecule has 0 saturated carbocycles. The Balaban J connectivity index is 0.000000245. The highest BCUT2D eigenvalue weighted by Crippen LogP contribution is 2.24. The van der Waals surface area contributed by atoms with Crippen molar-refractivity contribution in [2.75, 3.05) is 0 Å². The number of carboxylic acid groups (broad SMARTS) is 3. The van der Waals surface area contributed by atoms with Crippen molar-refractivity contribution in [1.82, 2.24) is 0 Å². The third-order valence-electron chi connectivity index (χ3n) is 2.99. The molecular weight excluding hydrogens is 392 g/mol. The van der Waals surface area contributed by atoms with Gasteiger partial charge in [0.25, 0.3) is 10.1 Å². The Kier molecular flexibility index (Phi) is 8.41. The van der Waals surface area contributed by atoms with Crippen molar-refractivity contribution < 1.29 is 42.6 Å². The summed E-state index contributed by atoms with van der Waals surface area (Å²) in [7, 11) is -4.00. The summed E-state index contributed by atoms with van der Waals surface area (Å²) in [5.74, 6) is 0.371. The van der Waals surface area contributed by atoms with E-state index in [1.165, 1.54) is 12.1 Å². The maximum absolute atomic E-state index is 10.4. The minimum absolute atomic E-state index is 0.0741. The molecule has 10 heteroatoms. The number of benzene rings is 3. The summed E-state index contributed by atoms with van der Waals surface area (Å²) in [5, 5.41) is 24.2. The Morgan fingerprint density at radius 1 is 0.750 bits per heavy atom. The highest BCUT2D eigenvalue weighted by atomic mass is 32.2. The molecular formula is C18H16O9S. The Morgan fingerprint density at radius 2 is 1.25 bits per heavy atom. The second-order valence-electron chi connectivity index (χ2n) is 4.92. The van der Waals surface area contributed by atoms with Gasteiger partial charge in [-0.15, -0.1) is 0 Å². The molecule has 0 aliphatic heterocycles. The van der Waals surface area contributed by atoms with Gasteiger partial charge in [0.1, 0.15) is 5.75 Å². The van der Waals surface area contributed by atoms with E-state index in [1.54, 1.807) is 30.3 Å². The molecule has 0 amide bonds. The van der Waals surface area contributed by atoms with Crippen LogP contribution in [0.15, 0.2) is 77.7 Å². The van der Waals surface area contributed by atoms with Gasteiger partial charge in [-0.05, 0) is 23.6 Å². The van der Waals surface area contributed by atoms with Crippen LogP contribution >= 0.6 is 0 Å². The third-order valence-corrected chi connectivity index (χ3v) is 3.86. The number of hydrogen-bond acceptors (Lipinski definition) is 5. The van der Waals surface area contributed by atoms with Gasteiger partial charge in [-0.1, -0.05) is 54.6 Å². The van der Waals surface area contributed by atoms with Gasteiger partial charge in [-0.3, -0.25) is 4.55 Å². The van der Waals surface area contributed by atoms with Crippen LogP contribution in [0.1, 0.15) is 0 Å². The zero-order chi connectivity index (χ0) is 21.2. The van der Waals surface area contributed by atoms with E-state index in [0.29, 0.717) is 5.75 Å². The standard InChI is InChI=1S/C11H8O3.C6H6O3S.CH2O3/c12-11(13)14-10-7-3-5-8-4-1-2-6-9(8)10;7-10(8,9)6-4-2-1-3-5-6;2-1(3)4/h1-7H,(H,12,13);1-5H,(H,7,8,9);(H2,2,3,4). The molecule has 0 heterocycles. The van der Waals surface area contributed by atoms with Crippen LogP contribution in [0.2, 0.25) is 0 Å². The summed E-state index contributed by atoms with van der Waals surface area (Å²) in [6.07, 6.45) is -3.12. The van der Waals surface area contributed by atoms with Crippen molar-refractivity contribution in [2.45, 2.75) is 4.90 Å². The van der Waals surface area contributed by atoms with Crippen molar-refractivity contribution in [3.63, 3.8) is 0 Å². The first-order valence-corrected chi connectivity index (χ1v) is 8.88. The molecule has 3 rings (SSSR count). The molecule has 0 fully saturated rings. The highest BCUT2D eigenvalue weighted by molar-refractivity contribution is 7.85. The molecule has 0 aliphatic carbocycles. The number of carbonyl (C=O) groups is 2. The van der Waals surface area contributed by atoms with Gasteiger partial charge in [-0.25, -0.2) is 9.59 Å². The Labute approximate surface area is 159 Å². The molecule has 0 unspecified atom stereocenters. The zero-order valence-electron chi connectivity index (χ0n) is 14.2. The smallest absolute Gasteiger partial charge is 0.450 e. The average Bonchev–Trinajstić information content (AvgIpc) is 2.62. The van der Waals surface area contributed by atoms with Crippen LogP contribution in [0.5, 0.6) is 5.75 Å². The van der Waals surface area contributed by atoms with Crippen LogP contribution in [0, 0.1) is 0 Å². The van der Waals surface area contributed by atoms with Crippen LogP contribution in [0.3, 0.4) is 0 Å². The van der Waals surface area contributed by atoms with Crippen molar-refractivity contribution >= 4 is 33.2 Å². The SMILES string of the molecule is O=C(O)O.O=C(O)Oc1cccc2ccccc12.O=S(=O)(O)c1ccccc1. The minimum Gasteiger partial charge on any atom is -0.450 e. The van der Waals surface area contributed by atoms with Crippen LogP contribution in [-0.2, 0) is 10.1 Å². The van der Waals surface area contributed by atoms with Gasteiger partial charge < -0.3 is 20.1 Å². The molecule has 9 nitrogen and oxygen atoms in total. The van der Waals surface area contributed by atoms with Crippen molar-refractivity contribution in [3.05, 3.63) is 72.8 Å². The van der Waals surface area contributed by atoms with Crippen LogP contribution in [-0.4, -0.2) is 40.6 Å². The van der Waals surface area contributed by atoms with E-state index in [9.17, 15) is 13.2 Å². The maximum atomic E-state index is 10.4. The van der Waals surface area contributed by atoms with E-state index >= 15 is 0 Å². The topological polar surface area (TPSA) is 158 Å². The summed E-state index contributed by atoms with van der Waals surface area (Å²) >= 11 is 0. The van der Waals surface area contributed by atoms with Crippen LogP contribution in [0.25, 0.3) is 10.8 Å². The molecule has 0 spiro atoms. The van der Waals surface area contributed by atoms with E-state index in [1.807, 2.05) is 30.3 Å². The molecule has 0 aromatic heterocycles. The van der Waals surface area contributed by atoms with Gasteiger partial charge in [0, 0.05) is 5.39 Å². The van der Waals surface area contributed by atoms with Crippen molar-refractivity contribution in [2.24, 2.45) is 0 Å². The third kappa shape index (κ3) is 8.17. The molecule has 0 atom stereocenters. The second-order valence-corrected chi connectivity index (χ2v) is 6.34. The molecule has 0 radical (unpaired) electrons. The lowest BCUT2D eigenvalue weighted by Gasteiger charge is -2.03. The largest absolute Gasteiger partial charge is 0.511 e. The van der Waals surface area contributed by atoms with E-state index in [2.05, 4.69) is 4.74 Å². The highest BCUT2D eigenvalue weighted by Gasteiger charge is 2.06. The van der Waals surface area contributed by atoms with E-state index in [-0.39, 0.29) is 4.90 Å². The zero-order valence-corrected chi connectivity index (χ0v) is 15.0. The summed E-state index contributed by atoms with van der Waals surface area (Å²) in [6, 6.07) is 20.2. The molecule has 0 bridgehead atoms. The molecule has 4 N–H and O–H groups in total. The van der Waals surface area contributed by atoms with Gasteiger partial charge in [0.2, 0.25) is 0 Å². The van der Waals surface area contributed by atoms with Crippen LogP contribution in [0.4, 0.5) is 9.59 Å². The summed E-state index contributed by atoms with van der Waals surface area (Å²) in [6.45, 7) is 0. The Morgan fingerprint density at radius 3 is 1.75 bits per heavy atom. The van der Waals surface area contributed by atoms with Gasteiger partial charge >= 0.3 is 12.3 Å².